The van der Waals surface area contributed by atoms with Crippen LogP contribution in [0.4, 0.5) is 5.69 Å². The van der Waals surface area contributed by atoms with E-state index in [9.17, 15) is 14.4 Å². The van der Waals surface area contributed by atoms with Gasteiger partial charge in [-0.05, 0) is 43.5 Å². The Balaban J connectivity index is 1.58. The van der Waals surface area contributed by atoms with E-state index in [1.165, 1.54) is 0 Å². The molecular weight excluding hydrogens is 506 g/mol. The Labute approximate surface area is 228 Å². The molecule has 2 fully saturated rings. The first-order valence-electron chi connectivity index (χ1n) is 13.6. The van der Waals surface area contributed by atoms with Crippen molar-refractivity contribution < 1.29 is 24.2 Å². The van der Waals surface area contributed by atoms with Crippen molar-refractivity contribution in [2.45, 2.75) is 56.3 Å². The highest BCUT2D eigenvalue weighted by molar-refractivity contribution is 6.30. The number of ether oxygens (including phenoxy) is 1. The first-order chi connectivity index (χ1) is 18.3. The smallest absolute Gasteiger partial charge is 0.253 e. The van der Waals surface area contributed by atoms with E-state index in [-0.39, 0.29) is 24.3 Å². The van der Waals surface area contributed by atoms with Crippen LogP contribution >= 0.6 is 11.6 Å². The number of carbonyl (C=O) groups excluding carboxylic acids is 3. The number of halogens is 1. The number of carbonyl (C=O) groups is 3. The van der Waals surface area contributed by atoms with Crippen molar-refractivity contribution in [1.29, 1.82) is 0 Å². The highest BCUT2D eigenvalue weighted by Gasteiger charge is 2.75. The van der Waals surface area contributed by atoms with Gasteiger partial charge in [0.25, 0.3) is 5.91 Å². The first-order valence-corrected chi connectivity index (χ1v) is 14.0. The van der Waals surface area contributed by atoms with E-state index >= 15 is 0 Å². The van der Waals surface area contributed by atoms with Gasteiger partial charge in [-0.3, -0.25) is 14.4 Å². The molecule has 0 aromatic heterocycles. The van der Waals surface area contributed by atoms with Crippen LogP contribution in [0.2, 0.25) is 5.02 Å². The molecule has 4 aliphatic heterocycles. The maximum absolute atomic E-state index is 14.4. The number of nitrogens with zero attached hydrogens (tertiary/aromatic N) is 3. The van der Waals surface area contributed by atoms with Crippen LogP contribution in [0.1, 0.15) is 39.0 Å². The Morgan fingerprint density at radius 3 is 2.37 bits per heavy atom. The summed E-state index contributed by atoms with van der Waals surface area (Å²) < 4.78 is 6.93. The lowest BCUT2D eigenvalue weighted by atomic mass is 9.73. The van der Waals surface area contributed by atoms with Crippen molar-refractivity contribution in [3.8, 4) is 0 Å². The van der Waals surface area contributed by atoms with Gasteiger partial charge in [0, 0.05) is 44.0 Å². The fraction of sp³-hybridized carbons (Fsp3) is 0.552. The summed E-state index contributed by atoms with van der Waals surface area (Å²) in [7, 11) is 1.75. The molecule has 3 amide bonds. The highest BCUT2D eigenvalue weighted by Crippen LogP contribution is 2.58. The van der Waals surface area contributed by atoms with Crippen molar-refractivity contribution in [2.24, 2.45) is 11.8 Å². The molecule has 2 saturated heterocycles. The summed E-state index contributed by atoms with van der Waals surface area (Å²) in [5.41, 5.74) is -1.53. The minimum atomic E-state index is -1.25. The van der Waals surface area contributed by atoms with Crippen molar-refractivity contribution in [3.63, 3.8) is 0 Å². The van der Waals surface area contributed by atoms with Gasteiger partial charge in [0.05, 0.1) is 17.4 Å². The number of fused-ring (bicyclic) bond motifs is 2. The van der Waals surface area contributed by atoms with E-state index in [0.717, 1.165) is 12.8 Å². The van der Waals surface area contributed by atoms with Crippen LogP contribution in [0, 0.1) is 11.8 Å². The fourth-order valence-electron chi connectivity index (χ4n) is 6.72. The van der Waals surface area contributed by atoms with Crippen molar-refractivity contribution >= 4 is 35.0 Å². The van der Waals surface area contributed by atoms with E-state index < -0.39 is 29.1 Å². The maximum atomic E-state index is 14.4. The molecule has 0 saturated carbocycles. The second-order valence-electron chi connectivity index (χ2n) is 10.7. The zero-order valence-corrected chi connectivity index (χ0v) is 22.8. The van der Waals surface area contributed by atoms with Crippen LogP contribution in [0.15, 0.2) is 48.6 Å². The normalized spacial score (nSPS) is 32.4. The largest absolute Gasteiger partial charge is 0.396 e. The van der Waals surface area contributed by atoms with E-state index in [4.69, 9.17) is 21.4 Å². The molecule has 204 valence electrons. The average Bonchev–Trinajstić information content (AvgIpc) is 3.20. The summed E-state index contributed by atoms with van der Waals surface area (Å²) in [5.74, 6) is -2.07. The molecule has 4 aliphatic rings. The Hall–Kier alpha value is -2.68. The summed E-state index contributed by atoms with van der Waals surface area (Å²) in [6, 6.07) is 6.19. The minimum Gasteiger partial charge on any atom is -0.396 e. The number of likely N-dealkylation sites (N-methyl/N-ethyl adjacent to an activating group) is 1. The number of unbranched alkanes of at least 4 members (excludes halogenated alkanes) is 3. The summed E-state index contributed by atoms with van der Waals surface area (Å²) >= 11 is 6.11. The third kappa shape index (κ3) is 4.17. The zero-order chi connectivity index (χ0) is 27.1. The standard InChI is InChI=1S/C29H36ClN3O5/c1-3-28-14-8-16-31(2)25(35)22(28)23-26(36)33(17-6-4-5-7-19-34)24-27(37)32(18-9-15-29(23,24)38-28)21-12-10-20(30)11-13-21/h8-15,22-24,34H,3-7,16-19H2,1-2H3/t22-,23-,24?,28+,29-/m0/s1. The number of rotatable bonds is 8. The highest BCUT2D eigenvalue weighted by atomic mass is 35.5. The Kier molecular flexibility index (Phi) is 7.42. The van der Waals surface area contributed by atoms with Gasteiger partial charge in [-0.25, -0.2) is 0 Å². The predicted molar refractivity (Wildman–Crippen MR) is 145 cm³/mol. The predicted octanol–water partition coefficient (Wildman–Crippen LogP) is 3.18. The van der Waals surface area contributed by atoms with Gasteiger partial charge < -0.3 is 24.5 Å². The van der Waals surface area contributed by atoms with Crippen LogP contribution in [-0.2, 0) is 19.1 Å². The number of benzene rings is 1. The molecular formula is C29H36ClN3O5. The number of hydrogen-bond donors (Lipinski definition) is 1. The lowest BCUT2D eigenvalue weighted by Gasteiger charge is -2.38. The SMILES string of the molecule is CC[C@@]12C=CCN(C)C(=O)[C@@H]1[C@H]1C(=O)N(CCCCCCO)C3C(=O)N(c4ccc(Cl)cc4)CC=C[C@@]31O2. The van der Waals surface area contributed by atoms with Gasteiger partial charge in [0.15, 0.2) is 0 Å². The summed E-state index contributed by atoms with van der Waals surface area (Å²) in [6.45, 7) is 3.25. The third-order valence-electron chi connectivity index (χ3n) is 8.59. The molecule has 38 heavy (non-hydrogen) atoms. The number of aliphatic hydroxyl groups excluding tert-OH is 1. The molecule has 5 rings (SSSR count). The van der Waals surface area contributed by atoms with Crippen molar-refractivity contribution in [3.05, 3.63) is 53.6 Å². The van der Waals surface area contributed by atoms with E-state index in [0.29, 0.717) is 49.6 Å². The van der Waals surface area contributed by atoms with Gasteiger partial charge in [0.2, 0.25) is 11.8 Å². The number of aliphatic hydroxyl groups is 1. The summed E-state index contributed by atoms with van der Waals surface area (Å²) in [6.07, 6.45) is 11.2. The second kappa shape index (κ2) is 10.5. The van der Waals surface area contributed by atoms with E-state index in [1.54, 1.807) is 46.0 Å². The Bertz CT molecular complexity index is 1150. The van der Waals surface area contributed by atoms with Gasteiger partial charge in [-0.1, -0.05) is 55.7 Å². The first kappa shape index (κ1) is 26.9. The van der Waals surface area contributed by atoms with Crippen LogP contribution in [0.25, 0.3) is 0 Å². The molecule has 0 radical (unpaired) electrons. The quantitative estimate of drug-likeness (QED) is 0.403. The number of hydrogen-bond acceptors (Lipinski definition) is 5. The lowest BCUT2D eigenvalue weighted by Crippen LogP contribution is -2.56. The van der Waals surface area contributed by atoms with Gasteiger partial charge in [-0.15, -0.1) is 0 Å². The van der Waals surface area contributed by atoms with E-state index in [1.807, 2.05) is 31.2 Å². The minimum absolute atomic E-state index is 0.129. The third-order valence-corrected chi connectivity index (χ3v) is 8.84. The van der Waals surface area contributed by atoms with Crippen LogP contribution in [-0.4, -0.2) is 83.2 Å². The molecule has 0 bridgehead atoms. The van der Waals surface area contributed by atoms with Gasteiger partial charge in [0.1, 0.15) is 11.6 Å². The number of likely N-dealkylation sites (tertiary alicyclic amines) is 1. The van der Waals surface area contributed by atoms with Gasteiger partial charge >= 0.3 is 0 Å². The fourth-order valence-corrected chi connectivity index (χ4v) is 6.85. The van der Waals surface area contributed by atoms with Crippen molar-refractivity contribution in [1.82, 2.24) is 9.80 Å². The van der Waals surface area contributed by atoms with Crippen LogP contribution in [0.3, 0.4) is 0 Å². The molecule has 1 aromatic rings. The zero-order valence-electron chi connectivity index (χ0n) is 22.0. The number of anilines is 1. The molecule has 8 nitrogen and oxygen atoms in total. The molecule has 0 aliphatic carbocycles. The summed E-state index contributed by atoms with van der Waals surface area (Å²) in [5, 5.41) is 9.71. The maximum Gasteiger partial charge on any atom is 0.253 e. The molecule has 4 heterocycles. The molecule has 9 heteroatoms. The second-order valence-corrected chi connectivity index (χ2v) is 11.2. The van der Waals surface area contributed by atoms with Gasteiger partial charge in [-0.2, -0.15) is 0 Å². The lowest BCUT2D eigenvalue weighted by molar-refractivity contribution is -0.149. The Morgan fingerprint density at radius 1 is 0.947 bits per heavy atom. The molecule has 5 atom stereocenters. The molecule has 1 unspecified atom stereocenters. The molecule has 1 aromatic carbocycles. The monoisotopic (exact) mass is 541 g/mol. The van der Waals surface area contributed by atoms with E-state index in [2.05, 4.69) is 0 Å². The Morgan fingerprint density at radius 2 is 1.66 bits per heavy atom. The number of amides is 3. The topological polar surface area (TPSA) is 90.4 Å². The van der Waals surface area contributed by atoms with Crippen LogP contribution in [0.5, 0.6) is 0 Å². The summed E-state index contributed by atoms with van der Waals surface area (Å²) in [4.78, 5) is 47.4. The van der Waals surface area contributed by atoms with Crippen molar-refractivity contribution in [2.75, 3.05) is 38.2 Å². The molecule has 1 spiro atoms. The van der Waals surface area contributed by atoms with Crippen LogP contribution < -0.4 is 4.90 Å². The molecule has 1 N–H and O–H groups in total. The average molecular weight is 542 g/mol.